The van der Waals surface area contributed by atoms with Crippen molar-refractivity contribution < 1.29 is 14.3 Å². The van der Waals surface area contributed by atoms with Crippen molar-refractivity contribution in [1.29, 1.82) is 0 Å². The Kier molecular flexibility index (Phi) is 7.33. The Bertz CT molecular complexity index is 722. The van der Waals surface area contributed by atoms with Crippen molar-refractivity contribution in [2.45, 2.75) is 39.7 Å². The van der Waals surface area contributed by atoms with Gasteiger partial charge in [-0.15, -0.1) is 0 Å². The number of ether oxygens (including phenoxy) is 2. The molecule has 2 aromatic rings. The lowest BCUT2D eigenvalue weighted by molar-refractivity contribution is 0.251. The number of hydrogen-bond donors (Lipinski definition) is 2. The van der Waals surface area contributed by atoms with Gasteiger partial charge in [-0.05, 0) is 54.7 Å². The average Bonchev–Trinajstić information content (AvgIpc) is 2.66. The van der Waals surface area contributed by atoms with E-state index in [0.717, 1.165) is 23.2 Å². The van der Waals surface area contributed by atoms with Crippen LogP contribution in [-0.2, 0) is 13.0 Å². The van der Waals surface area contributed by atoms with Crippen molar-refractivity contribution in [3.05, 3.63) is 53.1 Å². The third-order valence-electron chi connectivity index (χ3n) is 4.22. The highest BCUT2D eigenvalue weighted by Crippen LogP contribution is 2.22. The normalized spacial score (nSPS) is 10.3. The molecule has 26 heavy (non-hydrogen) atoms. The molecule has 0 fully saturated rings. The summed E-state index contributed by atoms with van der Waals surface area (Å²) in [5, 5.41) is 5.77. The number of methoxy groups -OCH3 is 2. The Morgan fingerprint density at radius 3 is 2.27 bits per heavy atom. The first kappa shape index (κ1) is 19.6. The van der Waals surface area contributed by atoms with Gasteiger partial charge < -0.3 is 20.1 Å². The molecule has 0 atom stereocenters. The molecule has 0 aliphatic carbocycles. The van der Waals surface area contributed by atoms with Gasteiger partial charge in [-0.1, -0.05) is 25.5 Å². The van der Waals surface area contributed by atoms with Crippen LogP contribution in [0.15, 0.2) is 36.4 Å². The third kappa shape index (κ3) is 5.69. The fraction of sp³-hybridized carbons (Fsp3) is 0.381. The van der Waals surface area contributed by atoms with Gasteiger partial charge in [-0.25, -0.2) is 4.79 Å². The molecule has 0 heterocycles. The van der Waals surface area contributed by atoms with Gasteiger partial charge in [0, 0.05) is 18.3 Å². The first-order valence-electron chi connectivity index (χ1n) is 8.92. The highest BCUT2D eigenvalue weighted by atomic mass is 16.5. The van der Waals surface area contributed by atoms with E-state index in [1.807, 2.05) is 25.1 Å². The van der Waals surface area contributed by atoms with E-state index in [4.69, 9.17) is 9.47 Å². The van der Waals surface area contributed by atoms with E-state index < -0.39 is 0 Å². The molecule has 0 unspecified atom stereocenters. The summed E-state index contributed by atoms with van der Waals surface area (Å²) in [5.41, 5.74) is 4.10. The summed E-state index contributed by atoms with van der Waals surface area (Å²) in [6.45, 7) is 4.58. The Hall–Kier alpha value is -2.69. The highest BCUT2D eigenvalue weighted by Gasteiger charge is 2.07. The second kappa shape index (κ2) is 9.70. The van der Waals surface area contributed by atoms with Crippen LogP contribution in [0.3, 0.4) is 0 Å². The average molecular weight is 356 g/mol. The number of amides is 2. The Labute approximate surface area is 155 Å². The lowest BCUT2D eigenvalue weighted by Gasteiger charge is -2.12. The summed E-state index contributed by atoms with van der Waals surface area (Å²) in [6, 6.07) is 11.5. The number of nitrogens with one attached hydrogen (secondary N) is 2. The fourth-order valence-corrected chi connectivity index (χ4v) is 2.72. The fourth-order valence-electron chi connectivity index (χ4n) is 2.72. The van der Waals surface area contributed by atoms with Crippen LogP contribution in [0, 0.1) is 6.92 Å². The van der Waals surface area contributed by atoms with Crippen molar-refractivity contribution in [2.24, 2.45) is 0 Å². The zero-order valence-electron chi connectivity index (χ0n) is 16.0. The van der Waals surface area contributed by atoms with Gasteiger partial charge in [0.15, 0.2) is 0 Å². The van der Waals surface area contributed by atoms with E-state index in [9.17, 15) is 4.79 Å². The van der Waals surface area contributed by atoms with Crippen LogP contribution in [-0.4, -0.2) is 20.3 Å². The molecule has 2 amide bonds. The molecule has 0 radical (unpaired) electrons. The first-order chi connectivity index (χ1) is 12.5. The zero-order valence-corrected chi connectivity index (χ0v) is 16.0. The summed E-state index contributed by atoms with van der Waals surface area (Å²) < 4.78 is 10.5. The van der Waals surface area contributed by atoms with Gasteiger partial charge >= 0.3 is 6.03 Å². The summed E-state index contributed by atoms with van der Waals surface area (Å²) in [7, 11) is 3.21. The maximum Gasteiger partial charge on any atom is 0.319 e. The van der Waals surface area contributed by atoms with Gasteiger partial charge in [0.05, 0.1) is 14.2 Å². The molecule has 0 spiro atoms. The van der Waals surface area contributed by atoms with E-state index >= 15 is 0 Å². The molecule has 5 heteroatoms. The third-order valence-corrected chi connectivity index (χ3v) is 4.22. The van der Waals surface area contributed by atoms with Gasteiger partial charge in [-0.3, -0.25) is 0 Å². The number of anilines is 1. The minimum atomic E-state index is -0.240. The SMILES string of the molecule is CCCCc1ccc(NC(=O)NCc2cc(OC)cc(OC)c2)c(C)c1. The minimum absolute atomic E-state index is 0.240. The molecule has 2 aromatic carbocycles. The summed E-state index contributed by atoms with van der Waals surface area (Å²) in [6.07, 6.45) is 3.43. The molecule has 140 valence electrons. The lowest BCUT2D eigenvalue weighted by Crippen LogP contribution is -2.28. The van der Waals surface area contributed by atoms with Gasteiger partial charge in [0.1, 0.15) is 11.5 Å². The number of carbonyl (C=O) groups excluding carboxylic acids is 1. The van der Waals surface area contributed by atoms with Crippen LogP contribution in [0.4, 0.5) is 10.5 Å². The number of rotatable bonds is 8. The van der Waals surface area contributed by atoms with Crippen molar-refractivity contribution in [3.63, 3.8) is 0 Å². The van der Waals surface area contributed by atoms with Crippen molar-refractivity contribution in [3.8, 4) is 11.5 Å². The molecule has 0 bridgehead atoms. The van der Waals surface area contributed by atoms with Crippen LogP contribution in [0.1, 0.15) is 36.5 Å². The van der Waals surface area contributed by atoms with E-state index in [-0.39, 0.29) is 6.03 Å². The van der Waals surface area contributed by atoms with E-state index in [0.29, 0.717) is 18.0 Å². The molecule has 0 saturated heterocycles. The van der Waals surface area contributed by atoms with Crippen molar-refractivity contribution in [2.75, 3.05) is 19.5 Å². The quantitative estimate of drug-likeness (QED) is 0.722. The second-order valence-corrected chi connectivity index (χ2v) is 6.28. The zero-order chi connectivity index (χ0) is 18.9. The van der Waals surface area contributed by atoms with Gasteiger partial charge in [0.2, 0.25) is 0 Å². The predicted octanol–water partition coefficient (Wildman–Crippen LogP) is 4.68. The number of urea groups is 1. The van der Waals surface area contributed by atoms with Gasteiger partial charge in [-0.2, -0.15) is 0 Å². The number of unbranched alkanes of at least 4 members (excludes halogenated alkanes) is 1. The van der Waals surface area contributed by atoms with Crippen LogP contribution >= 0.6 is 0 Å². The number of carbonyl (C=O) groups is 1. The van der Waals surface area contributed by atoms with Gasteiger partial charge in [0.25, 0.3) is 0 Å². The molecule has 2 rings (SSSR count). The van der Waals surface area contributed by atoms with Crippen LogP contribution in [0.5, 0.6) is 11.5 Å². The van der Waals surface area contributed by atoms with Crippen LogP contribution < -0.4 is 20.1 Å². The molecule has 0 aliphatic heterocycles. The molecular weight excluding hydrogens is 328 g/mol. The van der Waals surface area contributed by atoms with Crippen LogP contribution in [0.2, 0.25) is 0 Å². The molecule has 5 nitrogen and oxygen atoms in total. The maximum absolute atomic E-state index is 12.2. The number of benzene rings is 2. The van der Waals surface area contributed by atoms with Crippen molar-refractivity contribution >= 4 is 11.7 Å². The predicted molar refractivity (Wildman–Crippen MR) is 105 cm³/mol. The van der Waals surface area contributed by atoms with E-state index in [1.54, 1.807) is 20.3 Å². The summed E-state index contributed by atoms with van der Waals surface area (Å²) in [5.74, 6) is 1.39. The second-order valence-electron chi connectivity index (χ2n) is 6.28. The highest BCUT2D eigenvalue weighted by molar-refractivity contribution is 5.90. The van der Waals surface area contributed by atoms with E-state index in [2.05, 4.69) is 29.7 Å². The first-order valence-corrected chi connectivity index (χ1v) is 8.92. The lowest BCUT2D eigenvalue weighted by atomic mass is 10.0. The van der Waals surface area contributed by atoms with Crippen LogP contribution in [0.25, 0.3) is 0 Å². The Morgan fingerprint density at radius 2 is 1.69 bits per heavy atom. The summed E-state index contributed by atoms with van der Waals surface area (Å²) in [4.78, 5) is 12.2. The molecule has 0 aliphatic rings. The molecule has 0 aromatic heterocycles. The standard InChI is InChI=1S/C21H28N2O3/c1-5-6-7-16-8-9-20(15(2)10-16)23-21(24)22-14-17-11-18(25-3)13-19(12-17)26-4/h8-13H,5-7,14H2,1-4H3,(H2,22,23,24). The minimum Gasteiger partial charge on any atom is -0.497 e. The Morgan fingerprint density at radius 1 is 1.00 bits per heavy atom. The summed E-state index contributed by atoms with van der Waals surface area (Å²) >= 11 is 0. The number of hydrogen-bond acceptors (Lipinski definition) is 3. The number of aryl methyl sites for hydroxylation is 2. The van der Waals surface area contributed by atoms with E-state index in [1.165, 1.54) is 18.4 Å². The monoisotopic (exact) mass is 356 g/mol. The van der Waals surface area contributed by atoms with Crippen molar-refractivity contribution in [1.82, 2.24) is 5.32 Å². The maximum atomic E-state index is 12.2. The molecular formula is C21H28N2O3. The molecule has 2 N–H and O–H groups in total. The topological polar surface area (TPSA) is 59.6 Å². The Balaban J connectivity index is 1.95. The smallest absolute Gasteiger partial charge is 0.319 e. The molecule has 0 saturated carbocycles. The largest absolute Gasteiger partial charge is 0.497 e.